The van der Waals surface area contributed by atoms with Gasteiger partial charge in [-0.05, 0) is 19.4 Å². The second kappa shape index (κ2) is 5.86. The van der Waals surface area contributed by atoms with Crippen LogP contribution in [0.15, 0.2) is 0 Å². The van der Waals surface area contributed by atoms with Crippen molar-refractivity contribution in [2.45, 2.75) is 26.8 Å². The smallest absolute Gasteiger partial charge is 0.325 e. The Bertz CT molecular complexity index is 426. The van der Waals surface area contributed by atoms with Gasteiger partial charge in [0.25, 0.3) is 0 Å². The molecule has 0 saturated carbocycles. The topological polar surface area (TPSA) is 76.4 Å². The summed E-state index contributed by atoms with van der Waals surface area (Å²) in [6.45, 7) is 6.46. The summed E-state index contributed by atoms with van der Waals surface area (Å²) in [7, 11) is 3.25. The molecule has 6 heteroatoms. The van der Waals surface area contributed by atoms with Crippen LogP contribution in [0, 0.1) is 12.8 Å². The second-order valence-corrected chi connectivity index (χ2v) is 4.71. The Morgan fingerprint density at radius 2 is 2.17 bits per heavy atom. The summed E-state index contributed by atoms with van der Waals surface area (Å²) in [4.78, 5) is 11.4. The molecular weight excluding hydrogens is 234 g/mol. The van der Waals surface area contributed by atoms with Crippen molar-refractivity contribution >= 4 is 5.97 Å². The van der Waals surface area contributed by atoms with E-state index in [9.17, 15) is 9.90 Å². The zero-order chi connectivity index (χ0) is 13.9. The standard InChI is InChI=1S/C12H21N3O3/c1-7(2)6-13-10(12(16)17)9-8(3)14-15(4)11(9)18-5/h7,10,13H,6H2,1-5H3,(H,16,17). The Balaban J connectivity index is 3.09. The zero-order valence-corrected chi connectivity index (χ0v) is 11.5. The number of carbonyl (C=O) groups is 1. The first-order valence-corrected chi connectivity index (χ1v) is 5.92. The van der Waals surface area contributed by atoms with Crippen LogP contribution >= 0.6 is 0 Å². The van der Waals surface area contributed by atoms with Crippen molar-refractivity contribution < 1.29 is 14.6 Å². The van der Waals surface area contributed by atoms with E-state index in [4.69, 9.17) is 4.74 Å². The van der Waals surface area contributed by atoms with Crippen LogP contribution < -0.4 is 10.1 Å². The maximum absolute atomic E-state index is 11.4. The summed E-state index contributed by atoms with van der Waals surface area (Å²) in [5.74, 6) is -0.0731. The number of rotatable bonds is 6. The van der Waals surface area contributed by atoms with Crippen LogP contribution in [-0.2, 0) is 11.8 Å². The van der Waals surface area contributed by atoms with Crippen molar-refractivity contribution in [3.63, 3.8) is 0 Å². The molecule has 0 aliphatic carbocycles. The molecule has 102 valence electrons. The third-order valence-electron chi connectivity index (χ3n) is 2.67. The predicted octanol–water partition coefficient (Wildman–Crippen LogP) is 1.11. The average Bonchev–Trinajstić information content (AvgIpc) is 2.53. The molecule has 0 spiro atoms. The number of aliphatic carboxylic acids is 1. The maximum Gasteiger partial charge on any atom is 0.325 e. The predicted molar refractivity (Wildman–Crippen MR) is 67.7 cm³/mol. The average molecular weight is 255 g/mol. The first kappa shape index (κ1) is 14.5. The molecule has 0 radical (unpaired) electrons. The fraction of sp³-hybridized carbons (Fsp3) is 0.667. The quantitative estimate of drug-likeness (QED) is 0.796. The molecule has 0 amide bonds. The van der Waals surface area contributed by atoms with E-state index in [-0.39, 0.29) is 0 Å². The SMILES string of the molecule is COc1c(C(NCC(C)C)C(=O)O)c(C)nn1C. The van der Waals surface area contributed by atoms with Crippen molar-refractivity contribution in [1.29, 1.82) is 0 Å². The van der Waals surface area contributed by atoms with Crippen molar-refractivity contribution in [1.82, 2.24) is 15.1 Å². The molecule has 0 bridgehead atoms. The van der Waals surface area contributed by atoms with Gasteiger partial charge in [-0.2, -0.15) is 5.10 Å². The highest BCUT2D eigenvalue weighted by Crippen LogP contribution is 2.28. The van der Waals surface area contributed by atoms with E-state index in [0.717, 1.165) is 0 Å². The Morgan fingerprint density at radius 1 is 1.56 bits per heavy atom. The first-order chi connectivity index (χ1) is 8.38. The number of carboxylic acids is 1. The van der Waals surface area contributed by atoms with Crippen molar-refractivity contribution in [3.8, 4) is 5.88 Å². The van der Waals surface area contributed by atoms with Gasteiger partial charge < -0.3 is 15.2 Å². The number of hydrogen-bond donors (Lipinski definition) is 2. The van der Waals surface area contributed by atoms with Gasteiger partial charge in [0.05, 0.1) is 18.4 Å². The molecule has 0 aromatic carbocycles. The minimum atomic E-state index is -0.926. The second-order valence-electron chi connectivity index (χ2n) is 4.71. The van der Waals surface area contributed by atoms with Gasteiger partial charge in [-0.1, -0.05) is 13.8 Å². The number of methoxy groups -OCH3 is 1. The van der Waals surface area contributed by atoms with Gasteiger partial charge in [-0.25, -0.2) is 4.68 Å². The molecule has 0 saturated heterocycles. The lowest BCUT2D eigenvalue weighted by atomic mass is 10.1. The summed E-state index contributed by atoms with van der Waals surface area (Å²) in [6.07, 6.45) is 0. The molecule has 1 rings (SSSR count). The Morgan fingerprint density at radius 3 is 2.61 bits per heavy atom. The number of nitrogens with one attached hydrogen (secondary N) is 1. The van der Waals surface area contributed by atoms with Crippen molar-refractivity contribution in [2.24, 2.45) is 13.0 Å². The van der Waals surface area contributed by atoms with Gasteiger partial charge >= 0.3 is 5.97 Å². The van der Waals surface area contributed by atoms with Gasteiger partial charge in [0, 0.05) is 7.05 Å². The highest BCUT2D eigenvalue weighted by atomic mass is 16.5. The molecule has 1 aromatic rings. The molecule has 18 heavy (non-hydrogen) atoms. The number of aryl methyl sites for hydroxylation is 2. The molecule has 0 fully saturated rings. The fourth-order valence-electron chi connectivity index (χ4n) is 1.89. The maximum atomic E-state index is 11.4. The van der Waals surface area contributed by atoms with Crippen LogP contribution in [0.1, 0.15) is 31.1 Å². The van der Waals surface area contributed by atoms with Crippen LogP contribution in [0.4, 0.5) is 0 Å². The zero-order valence-electron chi connectivity index (χ0n) is 11.5. The Kier molecular flexibility index (Phi) is 4.72. The van der Waals surface area contributed by atoms with Gasteiger partial charge in [0.15, 0.2) is 0 Å². The van der Waals surface area contributed by atoms with E-state index < -0.39 is 12.0 Å². The minimum absolute atomic E-state index is 0.370. The molecule has 0 aliphatic heterocycles. The lowest BCUT2D eigenvalue weighted by Gasteiger charge is -2.17. The number of aromatic nitrogens is 2. The number of carboxylic acid groups (broad SMARTS) is 1. The third kappa shape index (κ3) is 3.01. The Hall–Kier alpha value is -1.56. The van der Waals surface area contributed by atoms with Crippen molar-refractivity contribution in [3.05, 3.63) is 11.3 Å². The lowest BCUT2D eigenvalue weighted by Crippen LogP contribution is -2.31. The van der Waals surface area contributed by atoms with Crippen LogP contribution in [0.3, 0.4) is 0 Å². The molecule has 1 heterocycles. The monoisotopic (exact) mass is 255 g/mol. The van der Waals surface area contributed by atoms with Crippen LogP contribution in [0.2, 0.25) is 0 Å². The van der Waals surface area contributed by atoms with Gasteiger partial charge in [-0.3, -0.25) is 4.79 Å². The van der Waals surface area contributed by atoms with E-state index in [1.54, 1.807) is 18.7 Å². The summed E-state index contributed by atoms with van der Waals surface area (Å²) < 4.78 is 6.79. The lowest BCUT2D eigenvalue weighted by molar-refractivity contribution is -0.139. The van der Waals surface area contributed by atoms with Gasteiger partial charge in [0.1, 0.15) is 6.04 Å². The van der Waals surface area contributed by atoms with E-state index in [1.165, 1.54) is 7.11 Å². The van der Waals surface area contributed by atoms with Crippen LogP contribution in [-0.4, -0.2) is 34.5 Å². The van der Waals surface area contributed by atoms with E-state index in [1.807, 2.05) is 13.8 Å². The molecule has 0 aliphatic rings. The summed E-state index contributed by atoms with van der Waals surface area (Å²) in [5.41, 5.74) is 1.26. The van der Waals surface area contributed by atoms with Crippen LogP contribution in [0.5, 0.6) is 5.88 Å². The van der Waals surface area contributed by atoms with Gasteiger partial charge in [0.2, 0.25) is 5.88 Å². The molecular formula is C12H21N3O3. The number of ether oxygens (including phenoxy) is 1. The summed E-state index contributed by atoms with van der Waals surface area (Å²) in [5, 5.41) is 16.6. The fourth-order valence-corrected chi connectivity index (χ4v) is 1.89. The third-order valence-corrected chi connectivity index (χ3v) is 2.67. The van der Waals surface area contributed by atoms with E-state index >= 15 is 0 Å². The molecule has 2 N–H and O–H groups in total. The summed E-state index contributed by atoms with van der Waals surface area (Å²) in [6, 6.07) is -0.795. The normalized spacial score (nSPS) is 12.8. The van der Waals surface area contributed by atoms with E-state index in [2.05, 4.69) is 10.4 Å². The molecule has 1 aromatic heterocycles. The highest BCUT2D eigenvalue weighted by molar-refractivity contribution is 5.77. The Labute approximate surface area is 107 Å². The van der Waals surface area contributed by atoms with Crippen LogP contribution in [0.25, 0.3) is 0 Å². The number of hydrogen-bond acceptors (Lipinski definition) is 4. The molecule has 1 atom stereocenters. The van der Waals surface area contributed by atoms with E-state index in [0.29, 0.717) is 29.6 Å². The van der Waals surface area contributed by atoms with Crippen molar-refractivity contribution in [2.75, 3.05) is 13.7 Å². The summed E-state index contributed by atoms with van der Waals surface area (Å²) >= 11 is 0. The minimum Gasteiger partial charge on any atom is -0.481 e. The highest BCUT2D eigenvalue weighted by Gasteiger charge is 2.28. The molecule has 6 nitrogen and oxygen atoms in total. The first-order valence-electron chi connectivity index (χ1n) is 5.92. The molecule has 1 unspecified atom stereocenters. The number of nitrogens with zero attached hydrogens (tertiary/aromatic N) is 2. The van der Waals surface area contributed by atoms with Gasteiger partial charge in [-0.15, -0.1) is 0 Å². The largest absolute Gasteiger partial charge is 0.481 e.